The van der Waals surface area contributed by atoms with Gasteiger partial charge in [-0.2, -0.15) is 0 Å². The van der Waals surface area contributed by atoms with Gasteiger partial charge in [0.05, 0.1) is 6.54 Å². The number of piperazine rings is 1. The molecule has 10 heteroatoms. The fourth-order valence-corrected chi connectivity index (χ4v) is 2.37. The van der Waals surface area contributed by atoms with Crippen LogP contribution in [0.3, 0.4) is 0 Å². The molecule has 1 aliphatic heterocycles. The number of carbonyl (C=O) groups is 5. The molecule has 1 fully saturated rings. The van der Waals surface area contributed by atoms with Crippen molar-refractivity contribution in [2.24, 2.45) is 11.7 Å². The first-order chi connectivity index (χ1) is 13.0. The van der Waals surface area contributed by atoms with Gasteiger partial charge in [-0.3, -0.25) is 24.0 Å². The second kappa shape index (κ2) is 12.5. The highest BCUT2D eigenvalue weighted by Crippen LogP contribution is 2.11. The molecule has 1 heterocycles. The van der Waals surface area contributed by atoms with E-state index in [1.54, 1.807) is 6.92 Å². The predicted octanol–water partition coefficient (Wildman–Crippen LogP) is -0.660. The number of amides is 4. The highest BCUT2D eigenvalue weighted by Gasteiger charge is 2.32. The molecule has 0 unspecified atom stereocenters. The summed E-state index contributed by atoms with van der Waals surface area (Å²) in [4.78, 5) is 58.8. The van der Waals surface area contributed by atoms with Crippen LogP contribution < -0.4 is 11.1 Å². The number of carboxylic acid groups (broad SMARTS) is 1. The summed E-state index contributed by atoms with van der Waals surface area (Å²) in [6, 6.07) is -0.723. The summed E-state index contributed by atoms with van der Waals surface area (Å²) in [7, 11) is 0. The standard InChI is InChI=1S/C15H23N3O5.C3H7NO/c1-4-12(19)16-11(7-10(2)3)15(23)18-6-5-17(9-14(21)22)13(20)8-18;1-2-3(4)5/h4,10-11H,1,5-9H2,2-3H3,(H,16,19)(H,21,22);2H2,1H3,(H2,4,5)/t11-;/m0./s1. The molecule has 4 N–H and O–H groups in total. The quantitative estimate of drug-likeness (QED) is 0.462. The normalized spacial score (nSPS) is 14.6. The van der Waals surface area contributed by atoms with Crippen LogP contribution in [0.2, 0.25) is 0 Å². The second-order valence-electron chi connectivity index (χ2n) is 6.68. The van der Waals surface area contributed by atoms with E-state index in [9.17, 15) is 24.0 Å². The van der Waals surface area contributed by atoms with E-state index >= 15 is 0 Å². The zero-order valence-electron chi connectivity index (χ0n) is 16.6. The summed E-state index contributed by atoms with van der Waals surface area (Å²) in [5.41, 5.74) is 4.65. The molecule has 0 radical (unpaired) electrons. The van der Waals surface area contributed by atoms with Gasteiger partial charge < -0.3 is 26.0 Å². The van der Waals surface area contributed by atoms with Gasteiger partial charge in [-0.25, -0.2) is 0 Å². The zero-order valence-corrected chi connectivity index (χ0v) is 16.6. The molecule has 10 nitrogen and oxygen atoms in total. The molecule has 0 aromatic rings. The number of rotatable bonds is 8. The van der Waals surface area contributed by atoms with Crippen molar-refractivity contribution in [3.63, 3.8) is 0 Å². The Balaban J connectivity index is 0.00000129. The largest absolute Gasteiger partial charge is 0.480 e. The first-order valence-electron chi connectivity index (χ1n) is 9.01. The number of primary amides is 1. The van der Waals surface area contributed by atoms with E-state index in [4.69, 9.17) is 5.11 Å². The van der Waals surface area contributed by atoms with E-state index in [1.807, 2.05) is 13.8 Å². The van der Waals surface area contributed by atoms with Crippen molar-refractivity contribution in [3.8, 4) is 0 Å². The van der Waals surface area contributed by atoms with Crippen LogP contribution in [0.5, 0.6) is 0 Å². The molecule has 1 rings (SSSR count). The van der Waals surface area contributed by atoms with Gasteiger partial charge in [0, 0.05) is 19.5 Å². The number of hydrogen-bond acceptors (Lipinski definition) is 5. The SMILES string of the molecule is C=CC(=O)N[C@@H](CC(C)C)C(=O)N1CCN(CC(=O)O)C(=O)C1.CCC(N)=O. The molecule has 4 amide bonds. The molecule has 0 aromatic heterocycles. The Bertz CT molecular complexity index is 605. The van der Waals surface area contributed by atoms with Crippen LogP contribution in [-0.4, -0.2) is 76.7 Å². The Kier molecular flexibility index (Phi) is 11.2. The number of hydrogen-bond donors (Lipinski definition) is 3. The third kappa shape index (κ3) is 9.70. The van der Waals surface area contributed by atoms with Crippen molar-refractivity contribution in [2.75, 3.05) is 26.2 Å². The monoisotopic (exact) mass is 398 g/mol. The van der Waals surface area contributed by atoms with Crippen molar-refractivity contribution in [2.45, 2.75) is 39.7 Å². The minimum absolute atomic E-state index is 0.167. The van der Waals surface area contributed by atoms with E-state index < -0.39 is 23.8 Å². The summed E-state index contributed by atoms with van der Waals surface area (Å²) >= 11 is 0. The van der Waals surface area contributed by atoms with Crippen LogP contribution in [0.1, 0.15) is 33.6 Å². The lowest BCUT2D eigenvalue weighted by molar-refractivity contribution is -0.151. The summed E-state index contributed by atoms with van der Waals surface area (Å²) in [5, 5.41) is 11.3. The van der Waals surface area contributed by atoms with Gasteiger partial charge in [-0.1, -0.05) is 27.4 Å². The van der Waals surface area contributed by atoms with Gasteiger partial charge in [-0.05, 0) is 18.4 Å². The number of nitrogens with one attached hydrogen (secondary N) is 1. The fourth-order valence-electron chi connectivity index (χ4n) is 2.37. The van der Waals surface area contributed by atoms with Crippen LogP contribution in [0.4, 0.5) is 0 Å². The lowest BCUT2D eigenvalue weighted by atomic mass is 10.0. The highest BCUT2D eigenvalue weighted by molar-refractivity contribution is 5.94. The number of carbonyl (C=O) groups excluding carboxylic acids is 4. The van der Waals surface area contributed by atoms with Crippen molar-refractivity contribution < 1.29 is 29.1 Å². The van der Waals surface area contributed by atoms with Gasteiger partial charge in [0.2, 0.25) is 23.6 Å². The minimum atomic E-state index is -1.09. The molecular formula is C18H30N4O6. The van der Waals surface area contributed by atoms with Gasteiger partial charge in [0.1, 0.15) is 12.6 Å². The molecule has 0 saturated carbocycles. The molecule has 0 bridgehead atoms. The first-order valence-corrected chi connectivity index (χ1v) is 9.01. The van der Waals surface area contributed by atoms with Crippen LogP contribution >= 0.6 is 0 Å². The van der Waals surface area contributed by atoms with E-state index in [-0.39, 0.29) is 43.9 Å². The maximum atomic E-state index is 12.5. The van der Waals surface area contributed by atoms with Crippen molar-refractivity contribution in [3.05, 3.63) is 12.7 Å². The Morgan fingerprint density at radius 3 is 2.25 bits per heavy atom. The molecule has 1 saturated heterocycles. The molecule has 1 aliphatic rings. The molecule has 28 heavy (non-hydrogen) atoms. The van der Waals surface area contributed by atoms with E-state index in [1.165, 1.54) is 9.80 Å². The molecule has 0 aromatic carbocycles. The Hall–Kier alpha value is -2.91. The number of carboxylic acids is 1. The van der Waals surface area contributed by atoms with Crippen molar-refractivity contribution >= 4 is 29.6 Å². The van der Waals surface area contributed by atoms with E-state index in [2.05, 4.69) is 17.6 Å². The maximum Gasteiger partial charge on any atom is 0.323 e. The van der Waals surface area contributed by atoms with Gasteiger partial charge in [0.25, 0.3) is 0 Å². The predicted molar refractivity (Wildman–Crippen MR) is 102 cm³/mol. The second-order valence-corrected chi connectivity index (χ2v) is 6.68. The minimum Gasteiger partial charge on any atom is -0.480 e. The molecular weight excluding hydrogens is 368 g/mol. The molecule has 0 spiro atoms. The van der Waals surface area contributed by atoms with Crippen LogP contribution in [0.25, 0.3) is 0 Å². The Morgan fingerprint density at radius 2 is 1.86 bits per heavy atom. The van der Waals surface area contributed by atoms with Gasteiger partial charge in [-0.15, -0.1) is 0 Å². The topological polar surface area (TPSA) is 150 Å². The zero-order chi connectivity index (χ0) is 21.9. The van der Waals surface area contributed by atoms with Gasteiger partial charge >= 0.3 is 5.97 Å². The van der Waals surface area contributed by atoms with Crippen LogP contribution in [-0.2, 0) is 24.0 Å². The Labute approximate surface area is 164 Å². The van der Waals surface area contributed by atoms with Crippen molar-refractivity contribution in [1.82, 2.24) is 15.1 Å². The fraction of sp³-hybridized carbons (Fsp3) is 0.611. The molecule has 158 valence electrons. The lowest BCUT2D eigenvalue weighted by Gasteiger charge is -2.35. The Morgan fingerprint density at radius 1 is 1.29 bits per heavy atom. The molecule has 0 aliphatic carbocycles. The summed E-state index contributed by atoms with van der Waals surface area (Å²) in [5.74, 6) is -2.35. The third-order valence-electron chi connectivity index (χ3n) is 3.81. The first kappa shape index (κ1) is 25.1. The van der Waals surface area contributed by atoms with Crippen LogP contribution in [0.15, 0.2) is 12.7 Å². The molecule has 1 atom stereocenters. The van der Waals surface area contributed by atoms with Gasteiger partial charge in [0.15, 0.2) is 0 Å². The maximum absolute atomic E-state index is 12.5. The average Bonchev–Trinajstić information content (AvgIpc) is 2.61. The number of nitrogens with zero attached hydrogens (tertiary/aromatic N) is 2. The van der Waals surface area contributed by atoms with Crippen molar-refractivity contribution in [1.29, 1.82) is 0 Å². The highest BCUT2D eigenvalue weighted by atomic mass is 16.4. The summed E-state index contributed by atoms with van der Waals surface area (Å²) < 4.78 is 0. The van der Waals surface area contributed by atoms with E-state index in [0.717, 1.165) is 6.08 Å². The number of aliphatic carboxylic acids is 1. The van der Waals surface area contributed by atoms with E-state index in [0.29, 0.717) is 12.8 Å². The summed E-state index contributed by atoms with van der Waals surface area (Å²) in [6.45, 7) is 8.81. The lowest BCUT2D eigenvalue weighted by Crippen LogP contribution is -2.57. The summed E-state index contributed by atoms with van der Waals surface area (Å²) in [6.07, 6.45) is 1.98. The number of nitrogens with two attached hydrogens (primary N) is 1. The average molecular weight is 398 g/mol. The van der Waals surface area contributed by atoms with Crippen LogP contribution in [0, 0.1) is 5.92 Å². The third-order valence-corrected chi connectivity index (χ3v) is 3.81. The smallest absolute Gasteiger partial charge is 0.323 e.